The maximum Gasteiger partial charge on any atom is 0.343 e. The minimum atomic E-state index is -0.534. The first-order valence-corrected chi connectivity index (χ1v) is 8.48. The molecule has 1 saturated heterocycles. The van der Waals surface area contributed by atoms with Crippen molar-refractivity contribution in [1.82, 2.24) is 14.9 Å². The van der Waals surface area contributed by atoms with Crippen molar-refractivity contribution in [2.75, 3.05) is 26.8 Å². The van der Waals surface area contributed by atoms with Gasteiger partial charge >= 0.3 is 5.97 Å². The number of methoxy groups -OCH3 is 1. The molecule has 1 aromatic heterocycles. The minimum absolute atomic E-state index is 0.147. The number of amides is 1. The summed E-state index contributed by atoms with van der Waals surface area (Å²) in [6, 6.07) is 7.35. The van der Waals surface area contributed by atoms with Crippen molar-refractivity contribution in [2.45, 2.75) is 18.9 Å². The van der Waals surface area contributed by atoms with Crippen LogP contribution in [0, 0.1) is 0 Å². The zero-order valence-corrected chi connectivity index (χ0v) is 14.6. The van der Waals surface area contributed by atoms with Gasteiger partial charge in [-0.1, -0.05) is 0 Å². The molecule has 1 amide bonds. The van der Waals surface area contributed by atoms with Gasteiger partial charge in [0.2, 0.25) is 0 Å². The Kier molecular flexibility index (Phi) is 5.52. The number of hydrogen-bond acceptors (Lipinski definition) is 6. The van der Waals surface area contributed by atoms with Crippen LogP contribution in [0.15, 0.2) is 30.5 Å². The normalized spacial score (nSPS) is 14.8. The largest absolute Gasteiger partial charge is 0.482 e. The number of nitrogens with one attached hydrogen (secondary N) is 1. The number of rotatable bonds is 6. The predicted octanol–water partition coefficient (Wildman–Crippen LogP) is 1.13. The Bertz CT molecular complexity index is 779. The fraction of sp³-hybridized carbons (Fsp3) is 0.389. The van der Waals surface area contributed by atoms with E-state index in [9.17, 15) is 9.59 Å². The van der Waals surface area contributed by atoms with Crippen LogP contribution >= 0.6 is 0 Å². The number of nitrogens with zero attached hydrogens (tertiary/aromatic N) is 2. The van der Waals surface area contributed by atoms with Crippen molar-refractivity contribution in [2.24, 2.45) is 5.73 Å². The number of piperidine rings is 1. The number of nitrogens with two attached hydrogens (primary N) is 1. The van der Waals surface area contributed by atoms with Crippen molar-refractivity contribution in [3.05, 3.63) is 36.3 Å². The topological polar surface area (TPSA) is 108 Å². The molecule has 8 heteroatoms. The second-order valence-corrected chi connectivity index (χ2v) is 6.09. The lowest BCUT2D eigenvalue weighted by atomic mass is 10.1. The Morgan fingerprint density at radius 1 is 1.27 bits per heavy atom. The summed E-state index contributed by atoms with van der Waals surface area (Å²) in [4.78, 5) is 27.3. The third kappa shape index (κ3) is 4.02. The molecule has 1 aliphatic rings. The highest BCUT2D eigenvalue weighted by Crippen LogP contribution is 2.26. The number of hydrogen-bond donors (Lipinski definition) is 2. The monoisotopic (exact) mass is 358 g/mol. The summed E-state index contributed by atoms with van der Waals surface area (Å²) in [5, 5.41) is 3.31. The number of carbonyl (C=O) groups is 2. The molecule has 8 nitrogen and oxygen atoms in total. The maximum atomic E-state index is 11.8. The van der Waals surface area contributed by atoms with Gasteiger partial charge in [-0.2, -0.15) is 0 Å². The molecule has 138 valence electrons. The van der Waals surface area contributed by atoms with Crippen LogP contribution in [0.3, 0.4) is 0 Å². The van der Waals surface area contributed by atoms with Crippen LogP contribution in [0.1, 0.15) is 29.5 Å². The number of esters is 1. The predicted molar refractivity (Wildman–Crippen MR) is 94.8 cm³/mol. The van der Waals surface area contributed by atoms with E-state index < -0.39 is 11.9 Å². The maximum absolute atomic E-state index is 11.8. The molecule has 0 unspecified atom stereocenters. The van der Waals surface area contributed by atoms with Gasteiger partial charge in [-0.05, 0) is 50.2 Å². The van der Waals surface area contributed by atoms with Gasteiger partial charge in [0.05, 0.1) is 12.8 Å². The van der Waals surface area contributed by atoms with Crippen molar-refractivity contribution in [3.63, 3.8) is 0 Å². The fourth-order valence-corrected chi connectivity index (χ4v) is 3.00. The number of imidazole rings is 1. The van der Waals surface area contributed by atoms with E-state index in [0.717, 1.165) is 31.5 Å². The molecule has 1 aromatic carbocycles. The molecule has 0 radical (unpaired) electrons. The SMILES string of the molecule is COC(=O)COc1ccc(-c2cn(C3CCNCC3)c(C(N)=O)n2)cc1. The van der Waals surface area contributed by atoms with Crippen LogP contribution in [0.25, 0.3) is 11.3 Å². The summed E-state index contributed by atoms with van der Waals surface area (Å²) < 4.78 is 11.8. The van der Waals surface area contributed by atoms with Crippen LogP contribution in [-0.4, -0.2) is 48.2 Å². The van der Waals surface area contributed by atoms with E-state index in [0.29, 0.717) is 11.4 Å². The minimum Gasteiger partial charge on any atom is -0.482 e. The lowest BCUT2D eigenvalue weighted by Gasteiger charge is -2.24. The van der Waals surface area contributed by atoms with Gasteiger partial charge in [-0.15, -0.1) is 0 Å². The van der Waals surface area contributed by atoms with E-state index in [1.54, 1.807) is 12.1 Å². The highest BCUT2D eigenvalue weighted by atomic mass is 16.6. The molecule has 2 heterocycles. The van der Waals surface area contributed by atoms with Crippen molar-refractivity contribution < 1.29 is 19.1 Å². The van der Waals surface area contributed by atoms with Crippen LogP contribution in [0.5, 0.6) is 5.75 Å². The van der Waals surface area contributed by atoms with Gasteiger partial charge in [0.1, 0.15) is 5.75 Å². The van der Waals surface area contributed by atoms with Crippen molar-refractivity contribution in [3.8, 4) is 17.0 Å². The van der Waals surface area contributed by atoms with Crippen LogP contribution < -0.4 is 15.8 Å². The second kappa shape index (κ2) is 8.01. The molecule has 26 heavy (non-hydrogen) atoms. The summed E-state index contributed by atoms with van der Waals surface area (Å²) in [5.74, 6) is -0.154. The lowest BCUT2D eigenvalue weighted by molar-refractivity contribution is -0.142. The van der Waals surface area contributed by atoms with Crippen molar-refractivity contribution >= 4 is 11.9 Å². The highest BCUT2D eigenvalue weighted by Gasteiger charge is 2.22. The molecule has 2 aromatic rings. The summed E-state index contributed by atoms with van der Waals surface area (Å²) >= 11 is 0. The molecule has 0 aliphatic carbocycles. The summed E-state index contributed by atoms with van der Waals surface area (Å²) in [6.45, 7) is 1.66. The Morgan fingerprint density at radius 2 is 1.96 bits per heavy atom. The van der Waals surface area contributed by atoms with Gasteiger partial charge in [0.25, 0.3) is 5.91 Å². The van der Waals surface area contributed by atoms with Crippen molar-refractivity contribution in [1.29, 1.82) is 0 Å². The molecule has 0 atom stereocenters. The number of ether oxygens (including phenoxy) is 2. The summed E-state index contributed by atoms with van der Waals surface area (Å²) in [7, 11) is 1.31. The molecule has 0 saturated carbocycles. The first-order chi connectivity index (χ1) is 12.6. The Hall–Kier alpha value is -2.87. The Labute approximate surface area is 151 Å². The van der Waals surface area contributed by atoms with Gasteiger partial charge in [0, 0.05) is 17.8 Å². The molecule has 1 fully saturated rings. The first kappa shape index (κ1) is 17.9. The third-order valence-corrected chi connectivity index (χ3v) is 4.39. The molecular formula is C18H22N4O4. The average Bonchev–Trinajstić information content (AvgIpc) is 3.13. The van der Waals surface area contributed by atoms with Crippen LogP contribution in [-0.2, 0) is 9.53 Å². The van der Waals surface area contributed by atoms with E-state index >= 15 is 0 Å². The van der Waals surface area contributed by atoms with Gasteiger partial charge in [-0.25, -0.2) is 9.78 Å². The average molecular weight is 358 g/mol. The first-order valence-electron chi connectivity index (χ1n) is 8.48. The van der Waals surface area contributed by atoms with E-state index in [4.69, 9.17) is 10.5 Å². The molecule has 3 rings (SSSR count). The van der Waals surface area contributed by atoms with E-state index in [1.807, 2.05) is 22.9 Å². The molecule has 0 spiro atoms. The second-order valence-electron chi connectivity index (χ2n) is 6.09. The standard InChI is InChI=1S/C18H22N4O4/c1-25-16(23)11-26-14-4-2-12(3-5-14)15-10-22(18(21-15)17(19)24)13-6-8-20-9-7-13/h2-5,10,13,20H,6-9,11H2,1H3,(H2,19,24). The summed E-state index contributed by atoms with van der Waals surface area (Å²) in [6.07, 6.45) is 3.73. The lowest BCUT2D eigenvalue weighted by Crippen LogP contribution is -2.31. The van der Waals surface area contributed by atoms with E-state index in [-0.39, 0.29) is 18.5 Å². The Balaban J connectivity index is 1.80. The van der Waals surface area contributed by atoms with Gasteiger partial charge in [0.15, 0.2) is 12.4 Å². The van der Waals surface area contributed by atoms with Crippen LogP contribution in [0.4, 0.5) is 0 Å². The molecular weight excluding hydrogens is 336 g/mol. The molecule has 0 bridgehead atoms. The third-order valence-electron chi connectivity index (χ3n) is 4.39. The highest BCUT2D eigenvalue weighted by molar-refractivity contribution is 5.90. The van der Waals surface area contributed by atoms with Gasteiger partial charge in [-0.3, -0.25) is 4.79 Å². The summed E-state index contributed by atoms with van der Waals surface area (Å²) in [5.41, 5.74) is 7.03. The van der Waals surface area contributed by atoms with E-state index in [2.05, 4.69) is 15.0 Å². The Morgan fingerprint density at radius 3 is 2.58 bits per heavy atom. The number of benzene rings is 1. The molecule has 1 aliphatic heterocycles. The number of primary amides is 1. The van der Waals surface area contributed by atoms with Crippen LogP contribution in [0.2, 0.25) is 0 Å². The zero-order valence-electron chi connectivity index (χ0n) is 14.6. The fourth-order valence-electron chi connectivity index (χ4n) is 3.00. The number of carbonyl (C=O) groups excluding carboxylic acids is 2. The molecule has 3 N–H and O–H groups in total. The number of aromatic nitrogens is 2. The van der Waals surface area contributed by atoms with Gasteiger partial charge < -0.3 is 25.1 Å². The van der Waals surface area contributed by atoms with E-state index in [1.165, 1.54) is 7.11 Å². The quantitative estimate of drug-likeness (QED) is 0.749. The zero-order chi connectivity index (χ0) is 18.5. The smallest absolute Gasteiger partial charge is 0.343 e.